The van der Waals surface area contributed by atoms with Gasteiger partial charge in [-0.05, 0) is 18.6 Å². The number of hydrogen-bond acceptors (Lipinski definition) is 3. The lowest BCUT2D eigenvalue weighted by molar-refractivity contribution is -0.143. The van der Waals surface area contributed by atoms with E-state index in [-0.39, 0.29) is 24.6 Å². The molecule has 0 spiro atoms. The minimum atomic E-state index is -0.310. The molecule has 4 heteroatoms. The molecule has 0 N–H and O–H groups in total. The van der Waals surface area contributed by atoms with Crippen molar-refractivity contribution in [3.05, 3.63) is 34.3 Å². The van der Waals surface area contributed by atoms with Gasteiger partial charge in [0.1, 0.15) is 0 Å². The minimum absolute atomic E-state index is 0.0419. The Kier molecular flexibility index (Phi) is 5.91. The highest BCUT2D eigenvalue weighted by molar-refractivity contribution is 9.10. The van der Waals surface area contributed by atoms with Crippen LogP contribution in [0.15, 0.2) is 28.7 Å². The third-order valence-electron chi connectivity index (χ3n) is 2.17. The van der Waals surface area contributed by atoms with Crippen LogP contribution in [0.5, 0.6) is 0 Å². The molecule has 1 rings (SSSR count). The van der Waals surface area contributed by atoms with Gasteiger partial charge in [0.05, 0.1) is 13.0 Å². The Balaban J connectivity index is 2.42. The van der Waals surface area contributed by atoms with Gasteiger partial charge in [0.25, 0.3) is 0 Å². The first-order valence-electron chi connectivity index (χ1n) is 5.58. The van der Waals surface area contributed by atoms with Crippen molar-refractivity contribution in [2.24, 2.45) is 0 Å². The standard InChI is InChI=1S/C13H15BrO3/c1-2-8-17-13(16)7-6-12(15)10-4-3-5-11(14)9-10/h3-5,9H,2,6-8H2,1H3. The Bertz CT molecular complexity index is 401. The number of carbonyl (C=O) groups is 2. The molecule has 0 aliphatic carbocycles. The molecule has 3 nitrogen and oxygen atoms in total. The third-order valence-corrected chi connectivity index (χ3v) is 2.66. The summed E-state index contributed by atoms with van der Waals surface area (Å²) in [5.41, 5.74) is 0.614. The van der Waals surface area contributed by atoms with E-state index in [0.29, 0.717) is 12.2 Å². The van der Waals surface area contributed by atoms with Gasteiger partial charge < -0.3 is 4.74 Å². The summed E-state index contributed by atoms with van der Waals surface area (Å²) in [5, 5.41) is 0. The highest BCUT2D eigenvalue weighted by atomic mass is 79.9. The average Bonchev–Trinajstić information content (AvgIpc) is 2.33. The molecule has 0 aromatic heterocycles. The molecule has 0 amide bonds. The van der Waals surface area contributed by atoms with Crippen LogP contribution in [0, 0.1) is 0 Å². The van der Waals surface area contributed by atoms with E-state index in [4.69, 9.17) is 4.74 Å². The number of rotatable bonds is 6. The fourth-order valence-corrected chi connectivity index (χ4v) is 1.71. The van der Waals surface area contributed by atoms with Crippen LogP contribution in [0.1, 0.15) is 36.5 Å². The van der Waals surface area contributed by atoms with Gasteiger partial charge in [-0.2, -0.15) is 0 Å². The second-order valence-electron chi connectivity index (χ2n) is 3.65. The van der Waals surface area contributed by atoms with E-state index in [0.717, 1.165) is 10.9 Å². The summed E-state index contributed by atoms with van der Waals surface area (Å²) in [6.07, 6.45) is 1.13. The molecule has 1 aromatic carbocycles. The number of halogens is 1. The summed E-state index contributed by atoms with van der Waals surface area (Å²) < 4.78 is 5.76. The van der Waals surface area contributed by atoms with E-state index < -0.39 is 0 Å². The van der Waals surface area contributed by atoms with Crippen molar-refractivity contribution in [1.82, 2.24) is 0 Å². The molecule has 0 saturated heterocycles. The number of carbonyl (C=O) groups excluding carboxylic acids is 2. The summed E-state index contributed by atoms with van der Waals surface area (Å²) in [6, 6.07) is 7.14. The summed E-state index contributed by atoms with van der Waals surface area (Å²) in [7, 11) is 0. The van der Waals surface area contributed by atoms with Crippen LogP contribution in [-0.4, -0.2) is 18.4 Å². The van der Waals surface area contributed by atoms with Crippen molar-refractivity contribution >= 4 is 27.7 Å². The number of ether oxygens (including phenoxy) is 1. The van der Waals surface area contributed by atoms with Gasteiger partial charge in [-0.1, -0.05) is 35.0 Å². The topological polar surface area (TPSA) is 43.4 Å². The van der Waals surface area contributed by atoms with Gasteiger partial charge in [0, 0.05) is 16.5 Å². The second kappa shape index (κ2) is 7.22. The van der Waals surface area contributed by atoms with Crippen LogP contribution in [0.3, 0.4) is 0 Å². The molecule has 0 aliphatic heterocycles. The van der Waals surface area contributed by atoms with Gasteiger partial charge in [-0.3, -0.25) is 9.59 Å². The van der Waals surface area contributed by atoms with E-state index in [1.165, 1.54) is 0 Å². The van der Waals surface area contributed by atoms with Crippen LogP contribution in [-0.2, 0) is 9.53 Å². The predicted octanol–water partition coefficient (Wildman–Crippen LogP) is 3.37. The first kappa shape index (κ1) is 13.9. The van der Waals surface area contributed by atoms with Crippen LogP contribution in [0.25, 0.3) is 0 Å². The highest BCUT2D eigenvalue weighted by Gasteiger charge is 2.10. The smallest absolute Gasteiger partial charge is 0.306 e. The van der Waals surface area contributed by atoms with Crippen molar-refractivity contribution in [1.29, 1.82) is 0 Å². The number of benzene rings is 1. The average molecular weight is 299 g/mol. The van der Waals surface area contributed by atoms with Crippen molar-refractivity contribution in [3.8, 4) is 0 Å². The maximum atomic E-state index is 11.7. The number of ketones is 1. The van der Waals surface area contributed by atoms with Gasteiger partial charge in [-0.25, -0.2) is 0 Å². The molecule has 0 fully saturated rings. The van der Waals surface area contributed by atoms with E-state index in [2.05, 4.69) is 15.9 Å². The molecule has 0 radical (unpaired) electrons. The predicted molar refractivity (Wildman–Crippen MR) is 69.0 cm³/mol. The number of hydrogen-bond donors (Lipinski definition) is 0. The Hall–Kier alpha value is -1.16. The highest BCUT2D eigenvalue weighted by Crippen LogP contribution is 2.13. The Morgan fingerprint density at radius 1 is 1.29 bits per heavy atom. The molecule has 0 atom stereocenters. The molecule has 92 valence electrons. The van der Waals surface area contributed by atoms with E-state index in [1.807, 2.05) is 13.0 Å². The molecule has 0 unspecified atom stereocenters. The van der Waals surface area contributed by atoms with E-state index >= 15 is 0 Å². The molecule has 1 aromatic rings. The van der Waals surface area contributed by atoms with Crippen molar-refractivity contribution < 1.29 is 14.3 Å². The molecule has 0 heterocycles. The quantitative estimate of drug-likeness (QED) is 0.597. The maximum Gasteiger partial charge on any atom is 0.306 e. The molecule has 0 bridgehead atoms. The number of esters is 1. The third kappa shape index (κ3) is 5.13. The summed E-state index contributed by atoms with van der Waals surface area (Å²) in [4.78, 5) is 23.0. The van der Waals surface area contributed by atoms with Crippen LogP contribution in [0.2, 0.25) is 0 Å². The first-order valence-corrected chi connectivity index (χ1v) is 6.37. The Morgan fingerprint density at radius 3 is 2.71 bits per heavy atom. The zero-order valence-electron chi connectivity index (χ0n) is 9.74. The van der Waals surface area contributed by atoms with Crippen LogP contribution < -0.4 is 0 Å². The summed E-state index contributed by atoms with van der Waals surface area (Å²) >= 11 is 3.30. The Labute approximate surface area is 109 Å². The van der Waals surface area contributed by atoms with Crippen molar-refractivity contribution in [3.63, 3.8) is 0 Å². The normalized spacial score (nSPS) is 10.0. The van der Waals surface area contributed by atoms with Crippen molar-refractivity contribution in [2.75, 3.05) is 6.61 Å². The minimum Gasteiger partial charge on any atom is -0.466 e. The first-order chi connectivity index (χ1) is 8.13. The fraction of sp³-hybridized carbons (Fsp3) is 0.385. The fourth-order valence-electron chi connectivity index (χ4n) is 1.31. The monoisotopic (exact) mass is 298 g/mol. The lowest BCUT2D eigenvalue weighted by Gasteiger charge is -2.03. The van der Waals surface area contributed by atoms with Gasteiger partial charge in [0.15, 0.2) is 5.78 Å². The summed E-state index contributed by atoms with van der Waals surface area (Å²) in [5.74, 6) is -0.352. The van der Waals surface area contributed by atoms with Gasteiger partial charge in [0.2, 0.25) is 0 Å². The largest absolute Gasteiger partial charge is 0.466 e. The zero-order chi connectivity index (χ0) is 12.7. The van der Waals surface area contributed by atoms with Gasteiger partial charge in [-0.15, -0.1) is 0 Å². The molecule has 0 aliphatic rings. The molecule has 17 heavy (non-hydrogen) atoms. The lowest BCUT2D eigenvalue weighted by atomic mass is 10.1. The van der Waals surface area contributed by atoms with E-state index in [1.54, 1.807) is 18.2 Å². The maximum absolute atomic E-state index is 11.7. The summed E-state index contributed by atoms with van der Waals surface area (Å²) in [6.45, 7) is 2.35. The van der Waals surface area contributed by atoms with Crippen molar-refractivity contribution in [2.45, 2.75) is 26.2 Å². The van der Waals surface area contributed by atoms with E-state index in [9.17, 15) is 9.59 Å². The lowest BCUT2D eigenvalue weighted by Crippen LogP contribution is -2.08. The van der Waals surface area contributed by atoms with Crippen LogP contribution >= 0.6 is 15.9 Å². The van der Waals surface area contributed by atoms with Gasteiger partial charge >= 0.3 is 5.97 Å². The van der Waals surface area contributed by atoms with Crippen LogP contribution in [0.4, 0.5) is 0 Å². The second-order valence-corrected chi connectivity index (χ2v) is 4.57. The molecular formula is C13H15BrO3. The SMILES string of the molecule is CCCOC(=O)CCC(=O)c1cccc(Br)c1. The molecular weight excluding hydrogens is 284 g/mol. The Morgan fingerprint density at radius 2 is 2.06 bits per heavy atom. The zero-order valence-corrected chi connectivity index (χ0v) is 11.3. The molecule has 0 saturated carbocycles. The number of Topliss-reactive ketones (excluding diaryl/α,β-unsaturated/α-hetero) is 1.